The number of aliphatic hydroxyl groups is 1. The Morgan fingerprint density at radius 1 is 1.41 bits per heavy atom. The summed E-state index contributed by atoms with van der Waals surface area (Å²) in [5, 5.41) is 16.7. The highest BCUT2D eigenvalue weighted by Gasteiger charge is 2.23. The van der Waals surface area contributed by atoms with Gasteiger partial charge in [-0.1, -0.05) is 31.8 Å². The Bertz CT molecular complexity index is 467. The number of aliphatic hydroxyl groups excluding tert-OH is 1. The third-order valence-corrected chi connectivity index (χ3v) is 4.25. The summed E-state index contributed by atoms with van der Waals surface area (Å²) in [6.07, 6.45) is 5.83. The van der Waals surface area contributed by atoms with Crippen LogP contribution in [0.3, 0.4) is 0 Å². The molecule has 1 aromatic heterocycles. The van der Waals surface area contributed by atoms with E-state index in [4.69, 9.17) is 4.52 Å². The van der Waals surface area contributed by atoms with E-state index >= 15 is 0 Å². The molecule has 22 heavy (non-hydrogen) atoms. The van der Waals surface area contributed by atoms with Crippen molar-refractivity contribution in [3.05, 3.63) is 11.7 Å². The van der Waals surface area contributed by atoms with Gasteiger partial charge >= 0.3 is 0 Å². The summed E-state index contributed by atoms with van der Waals surface area (Å²) >= 11 is 0. The van der Waals surface area contributed by atoms with E-state index in [1.165, 1.54) is 12.8 Å². The van der Waals surface area contributed by atoms with Crippen LogP contribution >= 0.6 is 0 Å². The molecule has 1 heterocycles. The lowest BCUT2D eigenvalue weighted by Gasteiger charge is -2.17. The lowest BCUT2D eigenvalue weighted by atomic mass is 10.0. The topological polar surface area (TPSA) is 88.2 Å². The maximum atomic E-state index is 11.8. The molecule has 2 rings (SSSR count). The van der Waals surface area contributed by atoms with Crippen molar-refractivity contribution in [3.8, 4) is 0 Å². The average molecular weight is 309 g/mol. The van der Waals surface area contributed by atoms with Gasteiger partial charge in [-0.15, -0.1) is 0 Å². The first kappa shape index (κ1) is 16.9. The zero-order valence-corrected chi connectivity index (χ0v) is 13.5. The van der Waals surface area contributed by atoms with Gasteiger partial charge in [0.1, 0.15) is 0 Å². The molecule has 124 valence electrons. The van der Waals surface area contributed by atoms with E-state index in [0.717, 1.165) is 12.8 Å². The zero-order chi connectivity index (χ0) is 15.9. The lowest BCUT2D eigenvalue weighted by Crippen LogP contribution is -2.35. The van der Waals surface area contributed by atoms with Crippen LogP contribution in [0.5, 0.6) is 0 Å². The molecule has 0 bridgehead atoms. The largest absolute Gasteiger partial charge is 0.391 e. The van der Waals surface area contributed by atoms with Crippen LogP contribution in [0.2, 0.25) is 0 Å². The molecular formula is C16H27N3O3. The number of hydrogen-bond acceptors (Lipinski definition) is 5. The van der Waals surface area contributed by atoms with Crippen molar-refractivity contribution >= 4 is 5.91 Å². The second-order valence-corrected chi connectivity index (χ2v) is 6.47. The molecule has 1 unspecified atom stereocenters. The van der Waals surface area contributed by atoms with Crippen LogP contribution in [-0.2, 0) is 11.2 Å². The SMILES string of the molecule is CC(C)c1noc(CCCC(=O)NCC(O)C2CCCC2)n1. The van der Waals surface area contributed by atoms with Crippen molar-refractivity contribution in [2.45, 2.75) is 70.8 Å². The van der Waals surface area contributed by atoms with Gasteiger partial charge in [-0.05, 0) is 25.2 Å². The maximum Gasteiger partial charge on any atom is 0.226 e. The second-order valence-electron chi connectivity index (χ2n) is 6.47. The molecule has 0 saturated heterocycles. The van der Waals surface area contributed by atoms with Crippen LogP contribution < -0.4 is 5.32 Å². The second kappa shape index (κ2) is 8.27. The Morgan fingerprint density at radius 3 is 2.77 bits per heavy atom. The number of carbonyl (C=O) groups excluding carboxylic acids is 1. The number of rotatable bonds is 8. The molecule has 1 fully saturated rings. The number of nitrogens with one attached hydrogen (secondary N) is 1. The van der Waals surface area contributed by atoms with Gasteiger partial charge in [0.05, 0.1) is 6.10 Å². The van der Waals surface area contributed by atoms with Gasteiger partial charge in [-0.2, -0.15) is 4.98 Å². The predicted molar refractivity (Wildman–Crippen MR) is 82.3 cm³/mol. The minimum atomic E-state index is -0.406. The van der Waals surface area contributed by atoms with Crippen LogP contribution in [0.4, 0.5) is 0 Å². The molecule has 6 nitrogen and oxygen atoms in total. The number of aryl methyl sites for hydroxylation is 1. The molecule has 0 aliphatic heterocycles. The number of amides is 1. The smallest absolute Gasteiger partial charge is 0.226 e. The number of carbonyl (C=O) groups is 1. The molecule has 1 aromatic rings. The van der Waals surface area contributed by atoms with E-state index in [9.17, 15) is 9.90 Å². The predicted octanol–water partition coefficient (Wildman–Crippen LogP) is 2.18. The van der Waals surface area contributed by atoms with Crippen LogP contribution in [0.25, 0.3) is 0 Å². The summed E-state index contributed by atoms with van der Waals surface area (Å²) in [6.45, 7) is 4.39. The highest BCUT2D eigenvalue weighted by Crippen LogP contribution is 2.27. The first-order valence-corrected chi connectivity index (χ1v) is 8.33. The lowest BCUT2D eigenvalue weighted by molar-refractivity contribution is -0.121. The fourth-order valence-corrected chi connectivity index (χ4v) is 2.82. The molecule has 1 aliphatic carbocycles. The summed E-state index contributed by atoms with van der Waals surface area (Å²) in [6, 6.07) is 0. The summed E-state index contributed by atoms with van der Waals surface area (Å²) < 4.78 is 5.14. The molecule has 1 atom stereocenters. The molecule has 1 amide bonds. The summed E-state index contributed by atoms with van der Waals surface area (Å²) in [5.41, 5.74) is 0. The van der Waals surface area contributed by atoms with E-state index < -0.39 is 6.10 Å². The van der Waals surface area contributed by atoms with Gasteiger partial charge < -0.3 is 14.9 Å². The fraction of sp³-hybridized carbons (Fsp3) is 0.812. The zero-order valence-electron chi connectivity index (χ0n) is 13.5. The highest BCUT2D eigenvalue weighted by atomic mass is 16.5. The quantitative estimate of drug-likeness (QED) is 0.768. The Labute approximate surface area is 131 Å². The van der Waals surface area contributed by atoms with Crippen molar-refractivity contribution in [1.29, 1.82) is 0 Å². The van der Waals surface area contributed by atoms with Gasteiger partial charge in [0.2, 0.25) is 11.8 Å². The fourth-order valence-electron chi connectivity index (χ4n) is 2.82. The first-order valence-electron chi connectivity index (χ1n) is 8.33. The van der Waals surface area contributed by atoms with Crippen molar-refractivity contribution in [3.63, 3.8) is 0 Å². The van der Waals surface area contributed by atoms with Crippen molar-refractivity contribution in [1.82, 2.24) is 15.5 Å². The molecule has 1 saturated carbocycles. The van der Waals surface area contributed by atoms with Gasteiger partial charge in [-0.25, -0.2) is 0 Å². The van der Waals surface area contributed by atoms with Crippen LogP contribution in [0, 0.1) is 5.92 Å². The first-order chi connectivity index (χ1) is 10.6. The Kier molecular flexibility index (Phi) is 6.36. The van der Waals surface area contributed by atoms with E-state index in [0.29, 0.717) is 43.4 Å². The molecular weight excluding hydrogens is 282 g/mol. The van der Waals surface area contributed by atoms with E-state index in [1.54, 1.807) is 0 Å². The number of aromatic nitrogens is 2. The minimum absolute atomic E-state index is 0.0272. The standard InChI is InChI=1S/C16H27N3O3/c1-11(2)16-18-15(22-19-16)9-5-8-14(21)17-10-13(20)12-6-3-4-7-12/h11-13,20H,3-10H2,1-2H3,(H,17,21). The number of nitrogens with zero attached hydrogens (tertiary/aromatic N) is 2. The molecule has 0 spiro atoms. The monoisotopic (exact) mass is 309 g/mol. The Hall–Kier alpha value is -1.43. The normalized spacial score (nSPS) is 17.1. The van der Waals surface area contributed by atoms with Crippen molar-refractivity contribution in [2.24, 2.45) is 5.92 Å². The molecule has 0 aromatic carbocycles. The molecule has 1 aliphatic rings. The molecule has 6 heteroatoms. The molecule has 0 radical (unpaired) electrons. The maximum absolute atomic E-state index is 11.8. The third-order valence-electron chi connectivity index (χ3n) is 4.25. The summed E-state index contributed by atoms with van der Waals surface area (Å²) in [5.74, 6) is 1.87. The Morgan fingerprint density at radius 2 is 2.14 bits per heavy atom. The number of hydrogen-bond donors (Lipinski definition) is 2. The van der Waals surface area contributed by atoms with Gasteiger partial charge in [0.15, 0.2) is 5.82 Å². The Balaban J connectivity index is 1.60. The molecule has 2 N–H and O–H groups in total. The van der Waals surface area contributed by atoms with Crippen LogP contribution in [0.1, 0.15) is 70.0 Å². The summed E-state index contributed by atoms with van der Waals surface area (Å²) in [7, 11) is 0. The van der Waals surface area contributed by atoms with Gasteiger partial charge in [0.25, 0.3) is 0 Å². The van der Waals surface area contributed by atoms with E-state index in [1.807, 2.05) is 13.8 Å². The van der Waals surface area contributed by atoms with Crippen LogP contribution in [-0.4, -0.2) is 33.8 Å². The van der Waals surface area contributed by atoms with Gasteiger partial charge in [-0.3, -0.25) is 4.79 Å². The van der Waals surface area contributed by atoms with E-state index in [2.05, 4.69) is 15.5 Å². The highest BCUT2D eigenvalue weighted by molar-refractivity contribution is 5.75. The van der Waals surface area contributed by atoms with Crippen molar-refractivity contribution < 1.29 is 14.4 Å². The average Bonchev–Trinajstić information content (AvgIpc) is 3.16. The van der Waals surface area contributed by atoms with E-state index in [-0.39, 0.29) is 11.8 Å². The third kappa shape index (κ3) is 5.09. The van der Waals surface area contributed by atoms with Gasteiger partial charge in [0, 0.05) is 25.3 Å². The van der Waals surface area contributed by atoms with Crippen molar-refractivity contribution in [2.75, 3.05) is 6.54 Å². The minimum Gasteiger partial charge on any atom is -0.391 e. The van der Waals surface area contributed by atoms with Crippen LogP contribution in [0.15, 0.2) is 4.52 Å². The summed E-state index contributed by atoms with van der Waals surface area (Å²) in [4.78, 5) is 16.1.